The number of aryl methyl sites for hydroxylation is 3. The molecule has 1 saturated heterocycles. The summed E-state index contributed by atoms with van der Waals surface area (Å²) in [6.45, 7) is 3.05. The van der Waals surface area contributed by atoms with Crippen molar-refractivity contribution in [2.75, 3.05) is 26.4 Å². The summed E-state index contributed by atoms with van der Waals surface area (Å²) in [7, 11) is 0. The Kier molecular flexibility index (Phi) is 4.40. The van der Waals surface area contributed by atoms with Gasteiger partial charge in [0.2, 0.25) is 11.8 Å². The molecule has 1 amide bonds. The zero-order chi connectivity index (χ0) is 17.2. The van der Waals surface area contributed by atoms with Crippen LogP contribution < -0.4 is 4.74 Å². The van der Waals surface area contributed by atoms with Crippen molar-refractivity contribution < 1.29 is 18.7 Å². The van der Waals surface area contributed by atoms with Crippen molar-refractivity contribution in [3.05, 3.63) is 41.1 Å². The van der Waals surface area contributed by atoms with Gasteiger partial charge in [0, 0.05) is 13.5 Å². The van der Waals surface area contributed by atoms with E-state index in [1.54, 1.807) is 11.8 Å². The Bertz CT molecular complexity index is 773. The number of hydrogen-bond donors (Lipinski definition) is 0. The molecule has 1 aliphatic heterocycles. The normalized spacial score (nSPS) is 19.7. The van der Waals surface area contributed by atoms with Gasteiger partial charge < -0.3 is 18.8 Å². The van der Waals surface area contributed by atoms with Gasteiger partial charge in [-0.15, -0.1) is 10.2 Å². The van der Waals surface area contributed by atoms with Gasteiger partial charge in [-0.1, -0.05) is 6.07 Å². The molecule has 1 aromatic heterocycles. The minimum atomic E-state index is -0.355. The molecule has 0 bridgehead atoms. The minimum Gasteiger partial charge on any atom is -0.484 e. The topological polar surface area (TPSA) is 77.7 Å². The molecular weight excluding hydrogens is 322 g/mol. The molecule has 0 saturated carbocycles. The summed E-state index contributed by atoms with van der Waals surface area (Å²) in [5, 5.41) is 7.87. The number of morpholine rings is 1. The number of ether oxygens (including phenoxy) is 2. The third-order valence-electron chi connectivity index (χ3n) is 4.71. The van der Waals surface area contributed by atoms with Gasteiger partial charge in [-0.05, 0) is 42.5 Å². The van der Waals surface area contributed by atoms with Crippen LogP contribution in [-0.4, -0.2) is 47.4 Å². The van der Waals surface area contributed by atoms with Gasteiger partial charge in [0.05, 0.1) is 13.2 Å². The lowest BCUT2D eigenvalue weighted by Crippen LogP contribution is -2.45. The maximum absolute atomic E-state index is 12.7. The summed E-state index contributed by atoms with van der Waals surface area (Å²) in [6, 6.07) is 5.73. The Hall–Kier alpha value is -2.41. The maximum atomic E-state index is 12.7. The van der Waals surface area contributed by atoms with Gasteiger partial charge in [0.1, 0.15) is 11.8 Å². The highest BCUT2D eigenvalue weighted by Crippen LogP contribution is 2.27. The SMILES string of the molecule is Cc1nnc([C@H]2COCCN2C(=O)COc2ccc3c(c2)CCC3)o1. The fraction of sp³-hybridized carbons (Fsp3) is 0.500. The summed E-state index contributed by atoms with van der Waals surface area (Å²) in [5.74, 6) is 1.52. The molecule has 1 aliphatic carbocycles. The zero-order valence-electron chi connectivity index (χ0n) is 14.2. The number of carbonyl (C=O) groups is 1. The Morgan fingerprint density at radius 3 is 3.04 bits per heavy atom. The van der Waals surface area contributed by atoms with E-state index < -0.39 is 0 Å². The summed E-state index contributed by atoms with van der Waals surface area (Å²) >= 11 is 0. The van der Waals surface area contributed by atoms with Crippen LogP contribution >= 0.6 is 0 Å². The number of benzene rings is 1. The van der Waals surface area contributed by atoms with E-state index in [1.165, 1.54) is 17.5 Å². The van der Waals surface area contributed by atoms with Crippen molar-refractivity contribution in [3.8, 4) is 5.75 Å². The van der Waals surface area contributed by atoms with Crippen molar-refractivity contribution in [3.63, 3.8) is 0 Å². The number of amides is 1. The second-order valence-electron chi connectivity index (χ2n) is 6.41. The van der Waals surface area contributed by atoms with Crippen molar-refractivity contribution in [2.45, 2.75) is 32.2 Å². The number of fused-ring (bicyclic) bond motifs is 1. The Labute approximate surface area is 145 Å². The van der Waals surface area contributed by atoms with E-state index in [0.717, 1.165) is 18.6 Å². The molecule has 7 nitrogen and oxygen atoms in total. The summed E-state index contributed by atoms with van der Waals surface area (Å²) in [4.78, 5) is 14.3. The van der Waals surface area contributed by atoms with Crippen molar-refractivity contribution in [1.82, 2.24) is 15.1 Å². The predicted molar refractivity (Wildman–Crippen MR) is 88.3 cm³/mol. The second kappa shape index (κ2) is 6.84. The van der Waals surface area contributed by atoms with Crippen LogP contribution in [0.15, 0.2) is 22.6 Å². The smallest absolute Gasteiger partial charge is 0.261 e. The number of rotatable bonds is 4. The Morgan fingerprint density at radius 1 is 1.32 bits per heavy atom. The van der Waals surface area contributed by atoms with E-state index in [1.807, 2.05) is 12.1 Å². The lowest BCUT2D eigenvalue weighted by Gasteiger charge is -2.33. The standard InChI is InChI=1S/C18H21N3O4/c1-12-19-20-18(25-12)16-10-23-8-7-21(16)17(22)11-24-15-6-5-13-3-2-4-14(13)9-15/h5-6,9,16H,2-4,7-8,10-11H2,1H3/t16-/m1/s1. The lowest BCUT2D eigenvalue weighted by molar-refractivity contribution is -0.143. The van der Waals surface area contributed by atoms with Crippen LogP contribution in [0.4, 0.5) is 0 Å². The number of carbonyl (C=O) groups excluding carboxylic acids is 1. The van der Waals surface area contributed by atoms with E-state index in [0.29, 0.717) is 31.5 Å². The first-order chi connectivity index (χ1) is 12.2. The number of nitrogens with zero attached hydrogens (tertiary/aromatic N) is 3. The molecule has 1 fully saturated rings. The van der Waals surface area contributed by atoms with Crippen molar-refractivity contribution >= 4 is 5.91 Å². The number of hydrogen-bond acceptors (Lipinski definition) is 6. The van der Waals surface area contributed by atoms with Crippen LogP contribution in [0.1, 0.15) is 35.4 Å². The molecule has 0 unspecified atom stereocenters. The van der Waals surface area contributed by atoms with Crippen LogP contribution in [0.5, 0.6) is 5.75 Å². The molecule has 0 spiro atoms. The maximum Gasteiger partial charge on any atom is 0.261 e. The van der Waals surface area contributed by atoms with Crippen molar-refractivity contribution in [2.24, 2.45) is 0 Å². The first-order valence-corrected chi connectivity index (χ1v) is 8.62. The van der Waals surface area contributed by atoms with Crippen LogP contribution in [0.25, 0.3) is 0 Å². The quantitative estimate of drug-likeness (QED) is 0.843. The number of aromatic nitrogens is 2. The first-order valence-electron chi connectivity index (χ1n) is 8.62. The molecule has 0 radical (unpaired) electrons. The van der Waals surface area contributed by atoms with Gasteiger partial charge in [-0.3, -0.25) is 4.79 Å². The highest BCUT2D eigenvalue weighted by molar-refractivity contribution is 5.78. The van der Waals surface area contributed by atoms with Crippen LogP contribution in [0.3, 0.4) is 0 Å². The second-order valence-corrected chi connectivity index (χ2v) is 6.41. The minimum absolute atomic E-state index is 0.0115. The van der Waals surface area contributed by atoms with E-state index in [2.05, 4.69) is 16.3 Å². The van der Waals surface area contributed by atoms with Gasteiger partial charge in [0.25, 0.3) is 5.91 Å². The molecular formula is C18H21N3O4. The van der Waals surface area contributed by atoms with E-state index in [-0.39, 0.29) is 18.6 Å². The largest absolute Gasteiger partial charge is 0.484 e. The molecule has 2 aliphatic rings. The Balaban J connectivity index is 1.42. The van der Waals surface area contributed by atoms with Gasteiger partial charge >= 0.3 is 0 Å². The molecule has 7 heteroatoms. The first kappa shape index (κ1) is 16.1. The monoisotopic (exact) mass is 343 g/mol. The van der Waals surface area contributed by atoms with Crippen LogP contribution in [0, 0.1) is 6.92 Å². The lowest BCUT2D eigenvalue weighted by atomic mass is 10.1. The average molecular weight is 343 g/mol. The van der Waals surface area contributed by atoms with Gasteiger partial charge in [0.15, 0.2) is 6.61 Å². The molecule has 132 valence electrons. The zero-order valence-corrected chi connectivity index (χ0v) is 14.2. The third-order valence-corrected chi connectivity index (χ3v) is 4.71. The molecule has 1 aromatic carbocycles. The highest BCUT2D eigenvalue weighted by Gasteiger charge is 2.32. The fourth-order valence-corrected chi connectivity index (χ4v) is 3.42. The molecule has 4 rings (SSSR count). The van der Waals surface area contributed by atoms with Crippen molar-refractivity contribution in [1.29, 1.82) is 0 Å². The highest BCUT2D eigenvalue weighted by atomic mass is 16.5. The molecule has 0 N–H and O–H groups in total. The van der Waals surface area contributed by atoms with Crippen LogP contribution in [0.2, 0.25) is 0 Å². The Morgan fingerprint density at radius 2 is 2.20 bits per heavy atom. The van der Waals surface area contributed by atoms with Gasteiger partial charge in [-0.25, -0.2) is 0 Å². The molecule has 1 atom stereocenters. The van der Waals surface area contributed by atoms with Crippen LogP contribution in [-0.2, 0) is 22.4 Å². The predicted octanol–water partition coefficient (Wildman–Crippen LogP) is 1.85. The summed E-state index contributed by atoms with van der Waals surface area (Å²) in [6.07, 6.45) is 3.41. The average Bonchev–Trinajstić information content (AvgIpc) is 3.28. The third kappa shape index (κ3) is 3.37. The fourth-order valence-electron chi connectivity index (χ4n) is 3.42. The van der Waals surface area contributed by atoms with Gasteiger partial charge in [-0.2, -0.15) is 0 Å². The molecule has 2 aromatic rings. The van der Waals surface area contributed by atoms with E-state index in [4.69, 9.17) is 13.9 Å². The molecule has 25 heavy (non-hydrogen) atoms. The summed E-state index contributed by atoms with van der Waals surface area (Å²) < 4.78 is 16.7. The summed E-state index contributed by atoms with van der Waals surface area (Å²) in [5.41, 5.74) is 2.72. The van der Waals surface area contributed by atoms with E-state index in [9.17, 15) is 4.79 Å². The van der Waals surface area contributed by atoms with E-state index >= 15 is 0 Å². The molecule has 2 heterocycles.